The SMILES string of the molecule is Cc1nc(-c2cc(-c3ccc(OCF)cc3)no2)nn1Cc1cccc(N2CCC(S(C)(=O)=O)CC2)c1. The van der Waals surface area contributed by atoms with Crippen LogP contribution >= 0.6 is 0 Å². The second kappa shape index (κ2) is 10.3. The number of hydrogen-bond donors (Lipinski definition) is 0. The topological polar surface area (TPSA) is 103 Å². The van der Waals surface area contributed by atoms with Crippen LogP contribution in [0.1, 0.15) is 24.2 Å². The van der Waals surface area contributed by atoms with E-state index in [9.17, 15) is 12.8 Å². The van der Waals surface area contributed by atoms with Crippen molar-refractivity contribution in [1.82, 2.24) is 19.9 Å². The lowest BCUT2D eigenvalue weighted by Gasteiger charge is -2.33. The second-order valence-electron chi connectivity index (χ2n) is 9.18. The summed E-state index contributed by atoms with van der Waals surface area (Å²) < 4.78 is 48.2. The van der Waals surface area contributed by atoms with Gasteiger partial charge in [-0.2, -0.15) is 0 Å². The fraction of sp³-hybridized carbons (Fsp3) is 0.346. The van der Waals surface area contributed by atoms with Crippen molar-refractivity contribution in [2.75, 3.05) is 31.1 Å². The number of aromatic nitrogens is 4. The molecule has 0 bridgehead atoms. The highest BCUT2D eigenvalue weighted by molar-refractivity contribution is 7.91. The Hall–Kier alpha value is -3.73. The number of sulfone groups is 1. The van der Waals surface area contributed by atoms with E-state index in [1.165, 1.54) is 6.26 Å². The molecule has 1 aliphatic heterocycles. The molecule has 0 N–H and O–H groups in total. The second-order valence-corrected chi connectivity index (χ2v) is 11.5. The normalized spacial score (nSPS) is 14.7. The van der Waals surface area contributed by atoms with Gasteiger partial charge in [-0.3, -0.25) is 0 Å². The lowest BCUT2D eigenvalue weighted by molar-refractivity contribution is 0.192. The van der Waals surface area contributed by atoms with Crippen LogP contribution in [0.2, 0.25) is 0 Å². The van der Waals surface area contributed by atoms with E-state index in [1.54, 1.807) is 30.3 Å². The number of hydrogen-bond acceptors (Lipinski definition) is 8. The van der Waals surface area contributed by atoms with Gasteiger partial charge in [0.15, 0.2) is 0 Å². The molecule has 2 aromatic carbocycles. The summed E-state index contributed by atoms with van der Waals surface area (Å²) >= 11 is 0. The van der Waals surface area contributed by atoms with Gasteiger partial charge in [0.2, 0.25) is 18.4 Å². The molecule has 9 nitrogen and oxygen atoms in total. The molecule has 3 heterocycles. The average Bonchev–Trinajstić information content (AvgIpc) is 3.52. The van der Waals surface area contributed by atoms with E-state index in [0.717, 1.165) is 22.6 Å². The van der Waals surface area contributed by atoms with Gasteiger partial charge in [0.25, 0.3) is 0 Å². The molecule has 1 fully saturated rings. The minimum Gasteiger partial charge on any atom is -0.463 e. The zero-order valence-corrected chi connectivity index (χ0v) is 21.5. The van der Waals surface area contributed by atoms with E-state index in [2.05, 4.69) is 32.3 Å². The standard InChI is InChI=1S/C26H28FN5O4S/c1-18-28-26(25-15-24(30-36-25)20-6-8-22(9-7-20)35-17-27)29-32(18)16-19-4-3-5-21(14-19)31-12-10-23(11-13-31)37(2,33)34/h3-9,14-15,23H,10-13,16-17H2,1-2H3. The van der Waals surface area contributed by atoms with E-state index < -0.39 is 16.7 Å². The van der Waals surface area contributed by atoms with E-state index in [0.29, 0.717) is 55.5 Å². The van der Waals surface area contributed by atoms with Crippen LogP contribution in [0, 0.1) is 6.92 Å². The molecule has 5 rings (SSSR count). The first-order valence-electron chi connectivity index (χ1n) is 12.0. The van der Waals surface area contributed by atoms with Gasteiger partial charge in [-0.1, -0.05) is 17.3 Å². The summed E-state index contributed by atoms with van der Waals surface area (Å²) in [7, 11) is -3.00. The molecule has 0 unspecified atom stereocenters. The molecule has 1 aliphatic rings. The summed E-state index contributed by atoms with van der Waals surface area (Å²) in [6.07, 6.45) is 2.61. The third-order valence-corrected chi connectivity index (χ3v) is 8.30. The van der Waals surface area contributed by atoms with Crippen LogP contribution in [0.3, 0.4) is 0 Å². The van der Waals surface area contributed by atoms with Crippen LogP contribution in [-0.4, -0.2) is 59.8 Å². The number of ether oxygens (including phenoxy) is 1. The van der Waals surface area contributed by atoms with Crippen molar-refractivity contribution in [2.24, 2.45) is 0 Å². The molecule has 0 aliphatic carbocycles. The summed E-state index contributed by atoms with van der Waals surface area (Å²) in [5.41, 5.74) is 3.55. The minimum atomic E-state index is -3.00. The van der Waals surface area contributed by atoms with Crippen molar-refractivity contribution in [3.05, 3.63) is 66.0 Å². The van der Waals surface area contributed by atoms with Gasteiger partial charge >= 0.3 is 0 Å². The van der Waals surface area contributed by atoms with Crippen molar-refractivity contribution >= 4 is 15.5 Å². The van der Waals surface area contributed by atoms with E-state index in [4.69, 9.17) is 9.26 Å². The first-order chi connectivity index (χ1) is 17.8. The number of alkyl halides is 1. The summed E-state index contributed by atoms with van der Waals surface area (Å²) in [6, 6.07) is 16.9. The number of aryl methyl sites for hydroxylation is 1. The van der Waals surface area contributed by atoms with E-state index in [-0.39, 0.29) is 5.25 Å². The molecule has 0 amide bonds. The molecule has 1 saturated heterocycles. The fourth-order valence-electron chi connectivity index (χ4n) is 4.54. The number of nitrogens with zero attached hydrogens (tertiary/aromatic N) is 5. The van der Waals surface area contributed by atoms with E-state index >= 15 is 0 Å². The smallest absolute Gasteiger partial charge is 0.228 e. The highest BCUT2D eigenvalue weighted by atomic mass is 32.2. The first-order valence-corrected chi connectivity index (χ1v) is 14.0. The molecular formula is C26H28FN5O4S. The number of piperidine rings is 1. The largest absolute Gasteiger partial charge is 0.463 e. The zero-order valence-electron chi connectivity index (χ0n) is 20.7. The molecule has 0 saturated carbocycles. The molecule has 0 radical (unpaired) electrons. The van der Waals surface area contributed by atoms with Crippen LogP contribution in [0.15, 0.2) is 59.1 Å². The maximum atomic E-state index is 12.3. The van der Waals surface area contributed by atoms with Crippen LogP contribution in [-0.2, 0) is 16.4 Å². The summed E-state index contributed by atoms with van der Waals surface area (Å²) in [5, 5.41) is 8.50. The van der Waals surface area contributed by atoms with Gasteiger partial charge in [-0.05, 0) is 61.7 Å². The minimum absolute atomic E-state index is 0.255. The van der Waals surface area contributed by atoms with Crippen molar-refractivity contribution in [3.8, 4) is 28.6 Å². The summed E-state index contributed by atoms with van der Waals surface area (Å²) in [5.74, 6) is 2.06. The molecule has 194 valence electrons. The lowest BCUT2D eigenvalue weighted by Crippen LogP contribution is -2.39. The summed E-state index contributed by atoms with van der Waals surface area (Å²) in [4.78, 5) is 6.79. The average molecular weight is 526 g/mol. The molecule has 0 spiro atoms. The Kier molecular flexibility index (Phi) is 6.96. The molecule has 2 aromatic heterocycles. The predicted molar refractivity (Wildman–Crippen MR) is 138 cm³/mol. The Labute approximate surface area is 214 Å². The lowest BCUT2D eigenvalue weighted by atomic mass is 10.1. The van der Waals surface area contributed by atoms with Gasteiger partial charge in [-0.15, -0.1) is 5.10 Å². The Morgan fingerprint density at radius 3 is 2.57 bits per heavy atom. The molecule has 0 atom stereocenters. The Bertz CT molecular complexity index is 1470. The van der Waals surface area contributed by atoms with Gasteiger partial charge in [-0.25, -0.2) is 22.5 Å². The van der Waals surface area contributed by atoms with Gasteiger partial charge in [0, 0.05) is 36.7 Å². The highest BCUT2D eigenvalue weighted by Gasteiger charge is 2.26. The van der Waals surface area contributed by atoms with Gasteiger partial charge in [0.05, 0.1) is 11.8 Å². The molecular weight excluding hydrogens is 497 g/mol. The Morgan fingerprint density at radius 1 is 1.11 bits per heavy atom. The van der Waals surface area contributed by atoms with Crippen LogP contribution in [0.5, 0.6) is 5.75 Å². The molecule has 4 aromatic rings. The van der Waals surface area contributed by atoms with Crippen LogP contribution < -0.4 is 9.64 Å². The molecule has 11 heteroatoms. The third kappa shape index (κ3) is 5.66. The quantitative estimate of drug-likeness (QED) is 0.336. The van der Waals surface area contributed by atoms with Crippen molar-refractivity contribution < 1.29 is 22.1 Å². The predicted octanol–water partition coefficient (Wildman–Crippen LogP) is 4.28. The van der Waals surface area contributed by atoms with Crippen molar-refractivity contribution in [3.63, 3.8) is 0 Å². The number of benzene rings is 2. The van der Waals surface area contributed by atoms with Crippen molar-refractivity contribution in [1.29, 1.82) is 0 Å². The van der Waals surface area contributed by atoms with Crippen LogP contribution in [0.4, 0.5) is 10.1 Å². The fourth-order valence-corrected chi connectivity index (χ4v) is 5.61. The van der Waals surface area contributed by atoms with E-state index in [1.807, 2.05) is 23.7 Å². The first kappa shape index (κ1) is 24.9. The third-order valence-electron chi connectivity index (χ3n) is 6.61. The Morgan fingerprint density at radius 2 is 1.86 bits per heavy atom. The molecule has 37 heavy (non-hydrogen) atoms. The van der Waals surface area contributed by atoms with Crippen molar-refractivity contribution in [2.45, 2.75) is 31.6 Å². The summed E-state index contributed by atoms with van der Waals surface area (Å²) in [6.45, 7) is 2.97. The monoisotopic (exact) mass is 525 g/mol. The number of anilines is 1. The number of rotatable bonds is 8. The highest BCUT2D eigenvalue weighted by Crippen LogP contribution is 2.27. The maximum absolute atomic E-state index is 12.3. The zero-order chi connectivity index (χ0) is 26.0. The number of halogens is 1. The maximum Gasteiger partial charge on any atom is 0.228 e. The Balaban J connectivity index is 1.28. The van der Waals surface area contributed by atoms with Gasteiger partial charge in [0.1, 0.15) is 27.1 Å². The van der Waals surface area contributed by atoms with Gasteiger partial charge < -0.3 is 14.2 Å². The van der Waals surface area contributed by atoms with Crippen LogP contribution in [0.25, 0.3) is 22.8 Å².